The van der Waals surface area contributed by atoms with Crippen molar-refractivity contribution in [2.24, 2.45) is 5.92 Å². The molecule has 1 fully saturated rings. The number of nitrogens with one attached hydrogen (secondary N) is 1. The molecule has 2 aliphatic heterocycles. The van der Waals surface area contributed by atoms with Crippen LogP contribution in [0.15, 0.2) is 18.2 Å². The Labute approximate surface area is 138 Å². The summed E-state index contributed by atoms with van der Waals surface area (Å²) < 4.78 is 8.40. The average molecular weight is 321 g/mol. The Morgan fingerprint density at radius 1 is 1.27 bits per heavy atom. The van der Waals surface area contributed by atoms with Crippen molar-refractivity contribution in [2.45, 2.75) is 38.6 Å². The van der Waals surface area contributed by atoms with Crippen LogP contribution < -0.4 is 10.1 Å². The minimum Gasteiger partial charge on any atom is -0.494 e. The largest absolute Gasteiger partial charge is 0.494 e. The van der Waals surface area contributed by atoms with Crippen molar-refractivity contribution in [1.29, 1.82) is 0 Å². The van der Waals surface area contributed by atoms with E-state index in [9.17, 15) is 0 Å². The van der Waals surface area contributed by atoms with E-state index in [1.807, 2.05) is 11.9 Å². The first-order valence-corrected chi connectivity index (χ1v) is 9.77. The normalized spacial score (nSPS) is 19.9. The Hall–Kier alpha value is -0.710. The van der Waals surface area contributed by atoms with Crippen molar-refractivity contribution in [2.75, 3.05) is 32.5 Å². The highest BCUT2D eigenvalue weighted by molar-refractivity contribution is 7.96. The molecule has 1 aromatic carbocycles. The van der Waals surface area contributed by atoms with Gasteiger partial charge in [0.2, 0.25) is 0 Å². The smallest absolute Gasteiger partial charge is 0.119 e. The maximum Gasteiger partial charge on any atom is 0.119 e. The third-order valence-corrected chi connectivity index (χ3v) is 5.73. The summed E-state index contributed by atoms with van der Waals surface area (Å²) in [6, 6.07) is 6.66. The summed E-state index contributed by atoms with van der Waals surface area (Å²) in [5.41, 5.74) is 2.93. The molecule has 122 valence electrons. The first-order valence-electron chi connectivity index (χ1n) is 8.59. The van der Waals surface area contributed by atoms with Gasteiger partial charge in [-0.15, -0.1) is 0 Å². The Morgan fingerprint density at radius 3 is 2.95 bits per heavy atom. The zero-order valence-electron chi connectivity index (χ0n) is 13.6. The van der Waals surface area contributed by atoms with Gasteiger partial charge in [-0.05, 0) is 80.6 Å². The molecule has 0 spiro atoms. The molecular formula is C18H28N2OS. The summed E-state index contributed by atoms with van der Waals surface area (Å²) in [6.07, 6.45) is 8.47. The topological polar surface area (TPSA) is 24.5 Å². The number of piperidine rings is 1. The summed E-state index contributed by atoms with van der Waals surface area (Å²) in [5.74, 6) is 1.97. The van der Waals surface area contributed by atoms with Gasteiger partial charge in [-0.2, -0.15) is 0 Å². The number of hydrogen-bond acceptors (Lipinski definition) is 4. The fourth-order valence-corrected chi connectivity index (χ4v) is 4.02. The van der Waals surface area contributed by atoms with Crippen LogP contribution in [0.5, 0.6) is 5.75 Å². The summed E-state index contributed by atoms with van der Waals surface area (Å²) in [6.45, 7) is 5.46. The van der Waals surface area contributed by atoms with Crippen molar-refractivity contribution in [1.82, 2.24) is 9.62 Å². The zero-order valence-corrected chi connectivity index (χ0v) is 14.5. The molecule has 3 rings (SSSR count). The molecule has 0 unspecified atom stereocenters. The van der Waals surface area contributed by atoms with Crippen molar-refractivity contribution < 1.29 is 4.74 Å². The van der Waals surface area contributed by atoms with Crippen molar-refractivity contribution in [3.8, 4) is 5.75 Å². The molecule has 0 saturated carbocycles. The summed E-state index contributed by atoms with van der Waals surface area (Å²) in [7, 11) is 0. The van der Waals surface area contributed by atoms with E-state index in [0.717, 1.165) is 37.8 Å². The van der Waals surface area contributed by atoms with Gasteiger partial charge in [0.15, 0.2) is 0 Å². The van der Waals surface area contributed by atoms with Gasteiger partial charge >= 0.3 is 0 Å². The molecule has 0 aliphatic carbocycles. The predicted molar refractivity (Wildman–Crippen MR) is 94.4 cm³/mol. The molecule has 4 heteroatoms. The summed E-state index contributed by atoms with van der Waals surface area (Å²) >= 11 is 1.84. The van der Waals surface area contributed by atoms with E-state index >= 15 is 0 Å². The number of ether oxygens (including phenoxy) is 1. The van der Waals surface area contributed by atoms with Gasteiger partial charge in [-0.3, -0.25) is 0 Å². The minimum absolute atomic E-state index is 0.861. The van der Waals surface area contributed by atoms with Crippen LogP contribution in [0.3, 0.4) is 0 Å². The fourth-order valence-electron chi connectivity index (χ4n) is 3.48. The number of rotatable bonds is 6. The second kappa shape index (κ2) is 8.23. The van der Waals surface area contributed by atoms with Gasteiger partial charge in [0, 0.05) is 13.1 Å². The number of fused-ring (bicyclic) bond motifs is 1. The molecule has 0 atom stereocenters. The molecule has 1 saturated heterocycles. The lowest BCUT2D eigenvalue weighted by Gasteiger charge is -2.26. The quantitative estimate of drug-likeness (QED) is 0.641. The maximum atomic E-state index is 5.98. The van der Waals surface area contributed by atoms with Gasteiger partial charge in [0.05, 0.1) is 6.61 Å². The van der Waals surface area contributed by atoms with Crippen molar-refractivity contribution in [3.05, 3.63) is 29.3 Å². The van der Waals surface area contributed by atoms with Gasteiger partial charge in [-0.25, -0.2) is 4.31 Å². The lowest BCUT2D eigenvalue weighted by molar-refractivity contribution is 0.273. The Kier molecular flexibility index (Phi) is 6.04. The average Bonchev–Trinajstić information content (AvgIpc) is 2.59. The lowest BCUT2D eigenvalue weighted by Crippen LogP contribution is -2.27. The molecule has 0 bridgehead atoms. The number of hydrogen-bond donors (Lipinski definition) is 1. The third kappa shape index (κ3) is 4.40. The molecule has 3 nitrogen and oxygen atoms in total. The predicted octanol–water partition coefficient (Wildman–Crippen LogP) is 3.48. The molecule has 0 radical (unpaired) electrons. The fraction of sp³-hybridized carbons (Fsp3) is 0.667. The molecule has 22 heavy (non-hydrogen) atoms. The zero-order chi connectivity index (χ0) is 15.2. The molecule has 0 amide bonds. The van der Waals surface area contributed by atoms with Crippen LogP contribution >= 0.6 is 11.9 Å². The van der Waals surface area contributed by atoms with Crippen molar-refractivity contribution >= 4 is 11.9 Å². The maximum absolute atomic E-state index is 5.98. The van der Waals surface area contributed by atoms with Crippen molar-refractivity contribution in [3.63, 3.8) is 0 Å². The van der Waals surface area contributed by atoms with E-state index < -0.39 is 0 Å². The first-order chi connectivity index (χ1) is 10.8. The Bertz CT molecular complexity index is 474. The molecule has 2 aliphatic rings. The van der Waals surface area contributed by atoms with Crippen LogP contribution in [0.4, 0.5) is 0 Å². The van der Waals surface area contributed by atoms with Crippen LogP contribution in [0, 0.1) is 5.92 Å². The SMILES string of the molecule is CSN1CCc2cc(OCCCC3CCNCC3)ccc2C1. The second-order valence-electron chi connectivity index (χ2n) is 6.41. The van der Waals surface area contributed by atoms with Crippen LogP contribution in [0.1, 0.15) is 36.8 Å². The van der Waals surface area contributed by atoms with E-state index in [-0.39, 0.29) is 0 Å². The van der Waals surface area contributed by atoms with Crippen LogP contribution in [0.25, 0.3) is 0 Å². The minimum atomic E-state index is 0.861. The molecule has 2 heterocycles. The first kappa shape index (κ1) is 16.2. The highest BCUT2D eigenvalue weighted by atomic mass is 32.2. The van der Waals surface area contributed by atoms with Gasteiger partial charge in [0.1, 0.15) is 5.75 Å². The molecule has 0 aromatic heterocycles. The molecule has 1 N–H and O–H groups in total. The highest BCUT2D eigenvalue weighted by Crippen LogP contribution is 2.26. The lowest BCUT2D eigenvalue weighted by atomic mass is 9.93. The van der Waals surface area contributed by atoms with Crippen LogP contribution in [-0.2, 0) is 13.0 Å². The third-order valence-electron chi connectivity index (χ3n) is 4.90. The van der Waals surface area contributed by atoms with Crippen LogP contribution in [-0.4, -0.2) is 36.8 Å². The Morgan fingerprint density at radius 2 is 2.14 bits per heavy atom. The highest BCUT2D eigenvalue weighted by Gasteiger charge is 2.16. The van der Waals surface area contributed by atoms with E-state index in [0.29, 0.717) is 0 Å². The summed E-state index contributed by atoms with van der Waals surface area (Å²) in [5, 5.41) is 3.43. The van der Waals surface area contributed by atoms with Crippen LogP contribution in [0.2, 0.25) is 0 Å². The summed E-state index contributed by atoms with van der Waals surface area (Å²) in [4.78, 5) is 0. The Balaban J connectivity index is 1.43. The number of nitrogens with zero attached hydrogens (tertiary/aromatic N) is 1. The molecule has 1 aromatic rings. The molecular weight excluding hydrogens is 292 g/mol. The monoisotopic (exact) mass is 320 g/mol. The van der Waals surface area contributed by atoms with Gasteiger partial charge < -0.3 is 10.1 Å². The van der Waals surface area contributed by atoms with E-state index in [1.165, 1.54) is 49.9 Å². The number of benzene rings is 1. The van der Waals surface area contributed by atoms with E-state index in [4.69, 9.17) is 4.74 Å². The standard InChI is InChI=1S/C18H28N2OS/c1-22-20-11-8-16-13-18(5-4-17(16)14-20)21-12-2-3-15-6-9-19-10-7-15/h4-5,13,15,19H,2-3,6-12,14H2,1H3. The second-order valence-corrected chi connectivity index (χ2v) is 7.29. The van der Waals surface area contributed by atoms with Gasteiger partial charge in [-0.1, -0.05) is 18.0 Å². The van der Waals surface area contributed by atoms with E-state index in [2.05, 4.69) is 34.1 Å². The van der Waals surface area contributed by atoms with E-state index in [1.54, 1.807) is 0 Å². The van der Waals surface area contributed by atoms with Gasteiger partial charge in [0.25, 0.3) is 0 Å².